The molecule has 1 atom stereocenters. The van der Waals surface area contributed by atoms with Crippen LogP contribution in [0.2, 0.25) is 0 Å². The maximum atomic E-state index is 14.2. The Morgan fingerprint density at radius 3 is 2.91 bits per heavy atom. The Bertz CT molecular complexity index is 1380. The van der Waals surface area contributed by atoms with Crippen molar-refractivity contribution in [3.63, 3.8) is 0 Å². The van der Waals surface area contributed by atoms with Crippen molar-refractivity contribution in [3.8, 4) is 28.8 Å². The Labute approximate surface area is 183 Å². The van der Waals surface area contributed by atoms with E-state index in [1.807, 2.05) is 24.6 Å². The molecule has 0 saturated carbocycles. The minimum atomic E-state index is -0.558. The normalized spacial score (nSPS) is 14.8. The predicted molar refractivity (Wildman–Crippen MR) is 116 cm³/mol. The minimum Gasteiger partial charge on any atom is -0.482 e. The zero-order chi connectivity index (χ0) is 22.4. The fourth-order valence-electron chi connectivity index (χ4n) is 4.11. The highest BCUT2D eigenvalue weighted by molar-refractivity contribution is 5.68. The fraction of sp³-hybridized carbons (Fsp3) is 0.217. The summed E-state index contributed by atoms with van der Waals surface area (Å²) in [5.74, 6) is 0.247. The molecule has 0 spiro atoms. The minimum absolute atomic E-state index is 0.242. The fourth-order valence-corrected chi connectivity index (χ4v) is 4.11. The first-order valence-electron chi connectivity index (χ1n) is 10.2. The van der Waals surface area contributed by atoms with Gasteiger partial charge >= 0.3 is 0 Å². The van der Waals surface area contributed by atoms with Gasteiger partial charge in [-0.05, 0) is 44.2 Å². The number of nitriles is 1. The van der Waals surface area contributed by atoms with Crippen molar-refractivity contribution in [2.24, 2.45) is 0 Å². The van der Waals surface area contributed by atoms with Crippen LogP contribution < -0.4 is 10.5 Å². The van der Waals surface area contributed by atoms with Gasteiger partial charge < -0.3 is 10.5 Å². The molecule has 3 aromatic heterocycles. The van der Waals surface area contributed by atoms with Gasteiger partial charge in [0.15, 0.2) is 17.3 Å². The summed E-state index contributed by atoms with van der Waals surface area (Å²) in [5, 5.41) is 18.5. The highest BCUT2D eigenvalue weighted by Gasteiger charge is 2.23. The molecule has 1 aliphatic rings. The van der Waals surface area contributed by atoms with Gasteiger partial charge in [-0.15, -0.1) is 0 Å². The van der Waals surface area contributed by atoms with Crippen molar-refractivity contribution in [1.29, 1.82) is 5.26 Å². The van der Waals surface area contributed by atoms with Crippen LogP contribution in [0.15, 0.2) is 42.7 Å². The summed E-state index contributed by atoms with van der Waals surface area (Å²) < 4.78 is 24.0. The van der Waals surface area contributed by atoms with Gasteiger partial charge in [0.2, 0.25) is 0 Å². The van der Waals surface area contributed by atoms with Gasteiger partial charge in [0, 0.05) is 35.9 Å². The molecule has 0 saturated heterocycles. The molecular weight excluding hydrogens is 409 g/mol. The van der Waals surface area contributed by atoms with Crippen molar-refractivity contribution >= 4 is 5.82 Å². The van der Waals surface area contributed by atoms with Crippen molar-refractivity contribution in [3.05, 3.63) is 71.1 Å². The second-order valence-corrected chi connectivity index (χ2v) is 7.63. The molecule has 0 unspecified atom stereocenters. The van der Waals surface area contributed by atoms with E-state index < -0.39 is 11.9 Å². The van der Waals surface area contributed by atoms with Crippen molar-refractivity contribution in [1.82, 2.24) is 24.5 Å². The van der Waals surface area contributed by atoms with Crippen LogP contribution in [0, 0.1) is 17.1 Å². The smallest absolute Gasteiger partial charge is 0.166 e. The van der Waals surface area contributed by atoms with E-state index in [0.717, 1.165) is 22.5 Å². The number of ether oxygens (including phenoxy) is 1. The summed E-state index contributed by atoms with van der Waals surface area (Å²) in [4.78, 5) is 4.33. The van der Waals surface area contributed by atoms with E-state index in [4.69, 9.17) is 10.5 Å². The van der Waals surface area contributed by atoms with E-state index in [2.05, 4.69) is 21.3 Å². The number of aromatic nitrogens is 5. The Hall–Kier alpha value is -4.19. The zero-order valence-electron chi connectivity index (χ0n) is 17.6. The standard InChI is InChI=1S/C23H20FN7O/c1-3-30-22-14(12-28-30)6-18-9-17(10-25)29-31(18)20-5-4-16(24)8-19(20)13(2)32-21-7-15(22)11-27-23(21)26/h4-5,7-9,11-13H,3,6H2,1-2H3,(H2,26,27)/t13-/m1/s1. The molecule has 0 fully saturated rings. The van der Waals surface area contributed by atoms with Crippen LogP contribution in [0.1, 0.15) is 42.5 Å². The molecule has 2 N–H and O–H groups in total. The Kier molecular flexibility index (Phi) is 4.63. The third kappa shape index (κ3) is 3.17. The van der Waals surface area contributed by atoms with E-state index >= 15 is 0 Å². The topological polar surface area (TPSA) is 108 Å². The zero-order valence-corrected chi connectivity index (χ0v) is 17.6. The summed E-state index contributed by atoms with van der Waals surface area (Å²) in [7, 11) is 0. The highest BCUT2D eigenvalue weighted by Crippen LogP contribution is 2.35. The third-order valence-corrected chi connectivity index (χ3v) is 5.60. The molecule has 9 heteroatoms. The number of halogens is 1. The summed E-state index contributed by atoms with van der Waals surface area (Å²) in [6.45, 7) is 4.49. The molecule has 160 valence electrons. The lowest BCUT2D eigenvalue weighted by Crippen LogP contribution is -2.13. The first kappa shape index (κ1) is 19.8. The van der Waals surface area contributed by atoms with Crippen LogP contribution in [0.5, 0.6) is 5.75 Å². The third-order valence-electron chi connectivity index (χ3n) is 5.60. The number of benzene rings is 1. The molecule has 5 rings (SSSR count). The van der Waals surface area contributed by atoms with Gasteiger partial charge in [0.25, 0.3) is 0 Å². The second-order valence-electron chi connectivity index (χ2n) is 7.63. The Morgan fingerprint density at radius 2 is 2.12 bits per heavy atom. The van der Waals surface area contributed by atoms with Crippen LogP contribution in [0.25, 0.3) is 16.9 Å². The lowest BCUT2D eigenvalue weighted by atomic mass is 10.0. The van der Waals surface area contributed by atoms with E-state index in [0.29, 0.717) is 30.0 Å². The first-order chi connectivity index (χ1) is 15.5. The number of hydrogen-bond acceptors (Lipinski definition) is 6. The molecule has 8 nitrogen and oxygen atoms in total. The quantitative estimate of drug-likeness (QED) is 0.493. The van der Waals surface area contributed by atoms with E-state index in [9.17, 15) is 9.65 Å². The van der Waals surface area contributed by atoms with E-state index in [-0.39, 0.29) is 11.5 Å². The van der Waals surface area contributed by atoms with Gasteiger partial charge in [0.1, 0.15) is 18.0 Å². The van der Waals surface area contributed by atoms with E-state index in [1.54, 1.807) is 29.2 Å². The first-order valence-corrected chi connectivity index (χ1v) is 10.2. The van der Waals surface area contributed by atoms with Gasteiger partial charge in [-0.1, -0.05) is 0 Å². The number of anilines is 1. The molecule has 4 heterocycles. The Balaban J connectivity index is 1.82. The van der Waals surface area contributed by atoms with Crippen LogP contribution in [0.4, 0.5) is 10.2 Å². The average Bonchev–Trinajstić information content (AvgIpc) is 3.38. The van der Waals surface area contributed by atoms with Crippen LogP contribution in [-0.4, -0.2) is 24.5 Å². The van der Waals surface area contributed by atoms with E-state index in [1.165, 1.54) is 12.1 Å². The lowest BCUT2D eigenvalue weighted by Gasteiger charge is -2.21. The highest BCUT2D eigenvalue weighted by atomic mass is 19.1. The van der Waals surface area contributed by atoms with Crippen molar-refractivity contribution < 1.29 is 9.13 Å². The molecular formula is C23H20FN7O. The van der Waals surface area contributed by atoms with Crippen LogP contribution >= 0.6 is 0 Å². The summed E-state index contributed by atoms with van der Waals surface area (Å²) >= 11 is 0. The van der Waals surface area contributed by atoms with Gasteiger partial charge in [-0.2, -0.15) is 15.5 Å². The van der Waals surface area contributed by atoms with Crippen molar-refractivity contribution in [2.45, 2.75) is 32.9 Å². The number of nitrogens with zero attached hydrogens (tertiary/aromatic N) is 6. The second kappa shape index (κ2) is 7.50. The van der Waals surface area contributed by atoms with Gasteiger partial charge in [-0.25, -0.2) is 14.1 Å². The SMILES string of the molecule is CCn1ncc2c1-c1cnc(N)c(c1)O[C@H](C)c1cc(F)ccc1-n1nc(C#N)cc1C2. The number of hydrogen-bond donors (Lipinski definition) is 1. The number of fused-ring (bicyclic) bond motifs is 7. The Morgan fingerprint density at radius 1 is 1.28 bits per heavy atom. The van der Waals surface area contributed by atoms with Gasteiger partial charge in [-0.3, -0.25) is 4.68 Å². The molecule has 0 radical (unpaired) electrons. The molecule has 1 aromatic carbocycles. The number of aryl methyl sites for hydroxylation is 1. The predicted octanol–water partition coefficient (Wildman–Crippen LogP) is 3.79. The summed E-state index contributed by atoms with van der Waals surface area (Å²) in [6, 6.07) is 10.1. The number of nitrogens with two attached hydrogens (primary N) is 1. The molecule has 0 aliphatic carbocycles. The largest absolute Gasteiger partial charge is 0.482 e. The summed E-state index contributed by atoms with van der Waals surface area (Å²) in [5.41, 5.74) is 11.0. The van der Waals surface area contributed by atoms with Crippen molar-refractivity contribution in [2.75, 3.05) is 5.73 Å². The maximum Gasteiger partial charge on any atom is 0.166 e. The molecule has 1 aliphatic heterocycles. The van der Waals surface area contributed by atoms with Crippen LogP contribution in [-0.2, 0) is 13.0 Å². The molecule has 0 amide bonds. The monoisotopic (exact) mass is 429 g/mol. The molecule has 4 aromatic rings. The average molecular weight is 429 g/mol. The molecule has 32 heavy (non-hydrogen) atoms. The molecule has 2 bridgehead atoms. The van der Waals surface area contributed by atoms with Crippen LogP contribution in [0.3, 0.4) is 0 Å². The number of nitrogen functional groups attached to an aromatic ring is 1. The summed E-state index contributed by atoms with van der Waals surface area (Å²) in [6.07, 6.45) is 3.41. The maximum absolute atomic E-state index is 14.2. The number of pyridine rings is 1. The van der Waals surface area contributed by atoms with Gasteiger partial charge in [0.05, 0.1) is 23.3 Å². The lowest BCUT2D eigenvalue weighted by molar-refractivity contribution is 0.226. The number of rotatable bonds is 1.